The van der Waals surface area contributed by atoms with Crippen molar-refractivity contribution in [2.45, 2.75) is 20.3 Å². The molecule has 0 heterocycles. The van der Waals surface area contributed by atoms with Gasteiger partial charge in [0.05, 0.1) is 16.9 Å². The third-order valence-corrected chi connectivity index (χ3v) is 2.42. The second-order valence-corrected chi connectivity index (χ2v) is 3.43. The fraction of sp³-hybridized carbons (Fsp3) is 0.417. The van der Waals surface area contributed by atoms with E-state index in [2.05, 4.69) is 24.8 Å². The van der Waals surface area contributed by atoms with Crippen LogP contribution in [0.4, 0.5) is 11.4 Å². The molecule has 0 bridgehead atoms. The van der Waals surface area contributed by atoms with Crippen LogP contribution in [0.2, 0.25) is 0 Å². The molecule has 1 aromatic rings. The number of benzene rings is 1. The largest absolute Gasteiger partial charge is 0.396 e. The quantitative estimate of drug-likeness (QED) is 0.764. The van der Waals surface area contributed by atoms with Gasteiger partial charge in [0.1, 0.15) is 6.07 Å². The van der Waals surface area contributed by atoms with Crippen molar-refractivity contribution in [3.8, 4) is 6.07 Å². The molecule has 0 amide bonds. The summed E-state index contributed by atoms with van der Waals surface area (Å²) in [5.41, 5.74) is 8.06. The van der Waals surface area contributed by atoms with Crippen molar-refractivity contribution >= 4 is 11.4 Å². The Bertz CT molecular complexity index is 366. The van der Waals surface area contributed by atoms with Crippen LogP contribution in [0.5, 0.6) is 0 Å². The summed E-state index contributed by atoms with van der Waals surface area (Å²) in [5, 5.41) is 8.88. The van der Waals surface area contributed by atoms with E-state index in [1.165, 1.54) is 0 Å². The van der Waals surface area contributed by atoms with Gasteiger partial charge in [0.25, 0.3) is 0 Å². The van der Waals surface area contributed by atoms with Crippen LogP contribution in [0, 0.1) is 11.3 Å². The van der Waals surface area contributed by atoms with Crippen LogP contribution in [-0.2, 0) is 0 Å². The Morgan fingerprint density at radius 1 is 1.40 bits per heavy atom. The second kappa shape index (κ2) is 5.26. The van der Waals surface area contributed by atoms with Crippen LogP contribution in [0.3, 0.4) is 0 Å². The summed E-state index contributed by atoms with van der Waals surface area (Å²) in [6.45, 7) is 6.10. The molecule has 0 aliphatic heterocycles. The van der Waals surface area contributed by atoms with Gasteiger partial charge in [-0.05, 0) is 25.5 Å². The number of nitrogen functional groups attached to an aromatic ring is 1. The highest BCUT2D eigenvalue weighted by Crippen LogP contribution is 2.26. The van der Waals surface area contributed by atoms with Crippen molar-refractivity contribution in [1.29, 1.82) is 5.26 Å². The SMILES string of the molecule is CCCN(CC)c1cccc(C#N)c1N. The molecule has 3 heteroatoms. The first-order chi connectivity index (χ1) is 7.24. The minimum absolute atomic E-state index is 0.557. The Labute approximate surface area is 91.1 Å². The van der Waals surface area contributed by atoms with E-state index in [0.29, 0.717) is 11.3 Å². The smallest absolute Gasteiger partial charge is 0.101 e. The molecule has 3 nitrogen and oxygen atoms in total. The molecular formula is C12H17N3. The molecule has 0 saturated heterocycles. The van der Waals surface area contributed by atoms with Crippen LogP contribution in [0.25, 0.3) is 0 Å². The third kappa shape index (κ3) is 2.41. The topological polar surface area (TPSA) is 53.0 Å². The molecule has 80 valence electrons. The third-order valence-electron chi connectivity index (χ3n) is 2.42. The maximum absolute atomic E-state index is 8.88. The molecule has 0 atom stereocenters. The minimum atomic E-state index is 0.557. The highest BCUT2D eigenvalue weighted by Gasteiger charge is 2.09. The van der Waals surface area contributed by atoms with Crippen LogP contribution < -0.4 is 10.6 Å². The van der Waals surface area contributed by atoms with Crippen LogP contribution in [-0.4, -0.2) is 13.1 Å². The van der Waals surface area contributed by atoms with Gasteiger partial charge in [-0.2, -0.15) is 5.26 Å². The molecular weight excluding hydrogens is 186 g/mol. The normalized spacial score (nSPS) is 9.67. The van der Waals surface area contributed by atoms with E-state index in [0.717, 1.165) is 25.2 Å². The molecule has 0 saturated carbocycles. The Morgan fingerprint density at radius 3 is 2.67 bits per heavy atom. The first kappa shape index (κ1) is 11.4. The van der Waals surface area contributed by atoms with Gasteiger partial charge in [0, 0.05) is 13.1 Å². The lowest BCUT2D eigenvalue weighted by molar-refractivity contribution is 0.793. The molecule has 0 aliphatic carbocycles. The van der Waals surface area contributed by atoms with E-state index in [-0.39, 0.29) is 0 Å². The number of hydrogen-bond donors (Lipinski definition) is 1. The van der Waals surface area contributed by atoms with Crippen molar-refractivity contribution in [2.75, 3.05) is 23.7 Å². The molecule has 0 spiro atoms. The fourth-order valence-electron chi connectivity index (χ4n) is 1.65. The van der Waals surface area contributed by atoms with E-state index >= 15 is 0 Å². The zero-order valence-electron chi connectivity index (χ0n) is 9.33. The van der Waals surface area contributed by atoms with Crippen LogP contribution in [0.1, 0.15) is 25.8 Å². The molecule has 0 aromatic heterocycles. The zero-order chi connectivity index (χ0) is 11.3. The molecule has 0 radical (unpaired) electrons. The van der Waals surface area contributed by atoms with Gasteiger partial charge in [0.2, 0.25) is 0 Å². The fourth-order valence-corrected chi connectivity index (χ4v) is 1.65. The van der Waals surface area contributed by atoms with E-state index in [1.807, 2.05) is 12.1 Å². The minimum Gasteiger partial charge on any atom is -0.396 e. The van der Waals surface area contributed by atoms with Gasteiger partial charge in [-0.1, -0.05) is 13.0 Å². The predicted octanol–water partition coefficient (Wildman–Crippen LogP) is 2.38. The van der Waals surface area contributed by atoms with E-state index in [9.17, 15) is 0 Å². The van der Waals surface area contributed by atoms with Gasteiger partial charge < -0.3 is 10.6 Å². The Balaban J connectivity index is 3.08. The van der Waals surface area contributed by atoms with Gasteiger partial charge in [-0.25, -0.2) is 0 Å². The lowest BCUT2D eigenvalue weighted by atomic mass is 10.1. The highest BCUT2D eigenvalue weighted by atomic mass is 15.1. The van der Waals surface area contributed by atoms with Crippen molar-refractivity contribution in [3.63, 3.8) is 0 Å². The van der Waals surface area contributed by atoms with Crippen LogP contribution in [0.15, 0.2) is 18.2 Å². The number of hydrogen-bond acceptors (Lipinski definition) is 3. The number of para-hydroxylation sites is 1. The van der Waals surface area contributed by atoms with Gasteiger partial charge in [-0.3, -0.25) is 0 Å². The lowest BCUT2D eigenvalue weighted by Crippen LogP contribution is -2.24. The standard InChI is InChI=1S/C12H17N3/c1-3-8-15(4-2)11-7-5-6-10(9-13)12(11)14/h5-7H,3-4,8,14H2,1-2H3. The summed E-state index contributed by atoms with van der Waals surface area (Å²) in [6.07, 6.45) is 1.07. The maximum Gasteiger partial charge on any atom is 0.101 e. The number of anilines is 2. The van der Waals surface area contributed by atoms with Gasteiger partial charge in [-0.15, -0.1) is 0 Å². The number of nitriles is 1. The maximum atomic E-state index is 8.88. The Kier molecular flexibility index (Phi) is 3.99. The number of nitrogens with zero attached hydrogens (tertiary/aromatic N) is 2. The molecule has 15 heavy (non-hydrogen) atoms. The number of rotatable bonds is 4. The van der Waals surface area contributed by atoms with Crippen LogP contribution >= 0.6 is 0 Å². The predicted molar refractivity (Wildman–Crippen MR) is 63.7 cm³/mol. The first-order valence-electron chi connectivity index (χ1n) is 5.28. The monoisotopic (exact) mass is 203 g/mol. The van der Waals surface area contributed by atoms with E-state index in [1.54, 1.807) is 6.07 Å². The van der Waals surface area contributed by atoms with Crippen molar-refractivity contribution in [2.24, 2.45) is 0 Å². The lowest BCUT2D eigenvalue weighted by Gasteiger charge is -2.24. The highest BCUT2D eigenvalue weighted by molar-refractivity contribution is 5.73. The summed E-state index contributed by atoms with van der Waals surface area (Å²) in [6, 6.07) is 7.70. The van der Waals surface area contributed by atoms with E-state index < -0.39 is 0 Å². The van der Waals surface area contributed by atoms with Gasteiger partial charge >= 0.3 is 0 Å². The summed E-state index contributed by atoms with van der Waals surface area (Å²) in [7, 11) is 0. The van der Waals surface area contributed by atoms with E-state index in [4.69, 9.17) is 11.0 Å². The average molecular weight is 203 g/mol. The summed E-state index contributed by atoms with van der Waals surface area (Å²) in [4.78, 5) is 2.19. The summed E-state index contributed by atoms with van der Waals surface area (Å²) < 4.78 is 0. The van der Waals surface area contributed by atoms with Crippen molar-refractivity contribution < 1.29 is 0 Å². The molecule has 1 rings (SSSR count). The van der Waals surface area contributed by atoms with Crippen molar-refractivity contribution in [3.05, 3.63) is 23.8 Å². The van der Waals surface area contributed by atoms with Gasteiger partial charge in [0.15, 0.2) is 0 Å². The first-order valence-corrected chi connectivity index (χ1v) is 5.28. The second-order valence-electron chi connectivity index (χ2n) is 3.43. The molecule has 0 unspecified atom stereocenters. The molecule has 1 aromatic carbocycles. The summed E-state index contributed by atoms with van der Waals surface area (Å²) in [5.74, 6) is 0. The van der Waals surface area contributed by atoms with Crippen molar-refractivity contribution in [1.82, 2.24) is 0 Å². The zero-order valence-corrected chi connectivity index (χ0v) is 9.33. The molecule has 0 fully saturated rings. The number of nitrogens with two attached hydrogens (primary N) is 1. The Hall–Kier alpha value is -1.69. The molecule has 0 aliphatic rings. The molecule has 2 N–H and O–H groups in total. The average Bonchev–Trinajstić information content (AvgIpc) is 2.27. The Morgan fingerprint density at radius 2 is 2.13 bits per heavy atom. The summed E-state index contributed by atoms with van der Waals surface area (Å²) >= 11 is 0.